The molecule has 4 aromatic rings. The first-order chi connectivity index (χ1) is 12.9. The van der Waals surface area contributed by atoms with Crippen molar-refractivity contribution >= 4 is 20.9 Å². The molecule has 1 atom stereocenters. The minimum Gasteiger partial charge on any atom is -0.381 e. The summed E-state index contributed by atoms with van der Waals surface area (Å²) in [5.74, 6) is 0. The normalized spacial score (nSPS) is 14.1. The first-order valence-corrected chi connectivity index (χ1v) is 10.1. The zero-order valence-electron chi connectivity index (χ0n) is 14.8. The summed E-state index contributed by atoms with van der Waals surface area (Å²) in [6, 6.07) is 24.8. The average Bonchev–Trinajstić information content (AvgIpc) is 3.11. The molecule has 27 heavy (non-hydrogen) atoms. The van der Waals surface area contributed by atoms with Crippen LogP contribution in [0.2, 0.25) is 0 Å². The molecule has 1 unspecified atom stereocenters. The Kier molecular flexibility index (Phi) is 4.13. The van der Waals surface area contributed by atoms with E-state index >= 15 is 0 Å². The first kappa shape index (κ1) is 17.5. The smallest absolute Gasteiger partial charge is 0.268 e. The number of fused-ring (bicyclic) bond motifs is 1. The molecule has 4 nitrogen and oxygen atoms in total. The van der Waals surface area contributed by atoms with Crippen molar-refractivity contribution in [1.29, 1.82) is 0 Å². The molecule has 4 rings (SSSR count). The molecule has 0 aliphatic rings. The highest BCUT2D eigenvalue weighted by molar-refractivity contribution is 7.90. The van der Waals surface area contributed by atoms with Crippen molar-refractivity contribution in [2.45, 2.75) is 17.4 Å². The number of aliphatic hydroxyl groups is 1. The third kappa shape index (κ3) is 2.85. The number of hydrogen-bond acceptors (Lipinski definition) is 3. The number of hydrogen-bond donors (Lipinski definition) is 1. The van der Waals surface area contributed by atoms with Gasteiger partial charge in [0.1, 0.15) is 5.60 Å². The molecule has 0 aliphatic carbocycles. The van der Waals surface area contributed by atoms with E-state index in [2.05, 4.69) is 0 Å². The van der Waals surface area contributed by atoms with Gasteiger partial charge < -0.3 is 5.11 Å². The Morgan fingerprint density at radius 3 is 2.04 bits per heavy atom. The van der Waals surface area contributed by atoms with Crippen molar-refractivity contribution in [3.05, 3.63) is 102 Å². The van der Waals surface area contributed by atoms with Crippen molar-refractivity contribution in [3.63, 3.8) is 0 Å². The van der Waals surface area contributed by atoms with Gasteiger partial charge in [-0.2, -0.15) is 0 Å². The van der Waals surface area contributed by atoms with Crippen LogP contribution in [0.5, 0.6) is 0 Å². The van der Waals surface area contributed by atoms with Gasteiger partial charge >= 0.3 is 0 Å². The number of rotatable bonds is 4. The molecule has 0 saturated carbocycles. The highest BCUT2D eigenvalue weighted by atomic mass is 32.2. The fraction of sp³-hybridized carbons (Fsp3) is 0.0909. The second-order valence-corrected chi connectivity index (χ2v) is 8.43. The molecule has 1 heterocycles. The maximum Gasteiger partial charge on any atom is 0.268 e. The van der Waals surface area contributed by atoms with Crippen molar-refractivity contribution in [3.8, 4) is 0 Å². The second kappa shape index (κ2) is 6.37. The summed E-state index contributed by atoms with van der Waals surface area (Å²) in [4.78, 5) is 0.205. The van der Waals surface area contributed by atoms with Crippen molar-refractivity contribution in [1.82, 2.24) is 3.97 Å². The lowest BCUT2D eigenvalue weighted by atomic mass is 9.88. The van der Waals surface area contributed by atoms with Gasteiger partial charge in [0.15, 0.2) is 0 Å². The fourth-order valence-electron chi connectivity index (χ4n) is 3.36. The van der Waals surface area contributed by atoms with Crippen LogP contribution in [0.4, 0.5) is 0 Å². The first-order valence-electron chi connectivity index (χ1n) is 8.61. The van der Waals surface area contributed by atoms with Crippen LogP contribution in [-0.4, -0.2) is 17.5 Å². The highest BCUT2D eigenvalue weighted by Gasteiger charge is 2.31. The van der Waals surface area contributed by atoms with Crippen molar-refractivity contribution < 1.29 is 13.5 Å². The van der Waals surface area contributed by atoms with Crippen molar-refractivity contribution in [2.24, 2.45) is 0 Å². The van der Waals surface area contributed by atoms with E-state index in [9.17, 15) is 13.5 Å². The van der Waals surface area contributed by atoms with Gasteiger partial charge in [-0.25, -0.2) is 12.4 Å². The van der Waals surface area contributed by atoms with Crippen LogP contribution < -0.4 is 0 Å². The van der Waals surface area contributed by atoms with Gasteiger partial charge in [0.05, 0.1) is 10.4 Å². The lowest BCUT2D eigenvalue weighted by Gasteiger charge is -2.23. The minimum absolute atomic E-state index is 0.205. The summed E-state index contributed by atoms with van der Waals surface area (Å²) < 4.78 is 27.7. The van der Waals surface area contributed by atoms with Gasteiger partial charge in [0.25, 0.3) is 10.0 Å². The van der Waals surface area contributed by atoms with Crippen molar-refractivity contribution in [2.75, 3.05) is 0 Å². The van der Waals surface area contributed by atoms with Crippen LogP contribution in [0.25, 0.3) is 10.9 Å². The van der Waals surface area contributed by atoms with Gasteiger partial charge in [-0.3, -0.25) is 0 Å². The predicted molar refractivity (Wildman–Crippen MR) is 106 cm³/mol. The van der Waals surface area contributed by atoms with Crippen LogP contribution in [0.3, 0.4) is 0 Å². The zero-order chi connectivity index (χ0) is 19.1. The molecule has 0 saturated heterocycles. The molecule has 0 fully saturated rings. The highest BCUT2D eigenvalue weighted by Crippen LogP contribution is 2.36. The monoisotopic (exact) mass is 377 g/mol. The van der Waals surface area contributed by atoms with Crippen LogP contribution in [0.15, 0.2) is 96.0 Å². The number of benzene rings is 3. The molecule has 0 bridgehead atoms. The number of nitrogens with zero attached hydrogens (tertiary/aromatic N) is 1. The molecule has 0 amide bonds. The molecule has 136 valence electrons. The summed E-state index contributed by atoms with van der Waals surface area (Å²) in [5.41, 5.74) is 0.444. The van der Waals surface area contributed by atoms with Gasteiger partial charge in [-0.05, 0) is 30.7 Å². The molecule has 5 heteroatoms. The van der Waals surface area contributed by atoms with Crippen LogP contribution >= 0.6 is 0 Å². The van der Waals surface area contributed by atoms with Gasteiger partial charge in [-0.15, -0.1) is 0 Å². The molecule has 0 aliphatic heterocycles. The van der Waals surface area contributed by atoms with Gasteiger partial charge in [0.2, 0.25) is 0 Å². The Morgan fingerprint density at radius 1 is 0.815 bits per heavy atom. The number of aromatic nitrogens is 1. The fourth-order valence-corrected chi connectivity index (χ4v) is 4.75. The van der Waals surface area contributed by atoms with E-state index in [0.717, 1.165) is 0 Å². The minimum atomic E-state index is -3.78. The van der Waals surface area contributed by atoms with E-state index in [-0.39, 0.29) is 4.90 Å². The summed E-state index contributed by atoms with van der Waals surface area (Å²) in [6.07, 6.45) is 1.53. The SMILES string of the molecule is CC(O)(c1ccccc1)c1cn(S(=O)(=O)c2ccccc2)c2ccccc12. The lowest BCUT2D eigenvalue weighted by Crippen LogP contribution is -2.22. The topological polar surface area (TPSA) is 59.3 Å². The third-order valence-electron chi connectivity index (χ3n) is 4.84. The van der Waals surface area contributed by atoms with E-state index < -0.39 is 15.6 Å². The molecular weight excluding hydrogens is 358 g/mol. The Labute approximate surface area is 158 Å². The number of para-hydroxylation sites is 1. The molecule has 1 aromatic heterocycles. The van der Waals surface area contributed by atoms with E-state index in [1.165, 1.54) is 10.2 Å². The Balaban J connectivity index is 1.99. The van der Waals surface area contributed by atoms with E-state index in [1.807, 2.05) is 42.5 Å². The zero-order valence-corrected chi connectivity index (χ0v) is 15.6. The summed E-state index contributed by atoms with van der Waals surface area (Å²) in [6.45, 7) is 1.68. The summed E-state index contributed by atoms with van der Waals surface area (Å²) in [7, 11) is -3.78. The Hall–Kier alpha value is -2.89. The summed E-state index contributed by atoms with van der Waals surface area (Å²) >= 11 is 0. The largest absolute Gasteiger partial charge is 0.381 e. The molecule has 0 spiro atoms. The Morgan fingerprint density at radius 2 is 1.37 bits per heavy atom. The van der Waals surface area contributed by atoms with Gasteiger partial charge in [-0.1, -0.05) is 66.7 Å². The predicted octanol–water partition coefficient (Wildman–Crippen LogP) is 4.13. The lowest BCUT2D eigenvalue weighted by molar-refractivity contribution is 0.104. The molecule has 0 radical (unpaired) electrons. The average molecular weight is 377 g/mol. The maximum absolute atomic E-state index is 13.2. The molecular formula is C22H19NO3S. The van der Waals surface area contributed by atoms with Crippen LogP contribution in [0, 0.1) is 0 Å². The van der Waals surface area contributed by atoms with E-state index in [0.29, 0.717) is 22.0 Å². The van der Waals surface area contributed by atoms with Crippen LogP contribution in [0.1, 0.15) is 18.1 Å². The summed E-state index contributed by atoms with van der Waals surface area (Å²) in [5, 5.41) is 12.0. The maximum atomic E-state index is 13.2. The quantitative estimate of drug-likeness (QED) is 0.582. The van der Waals surface area contributed by atoms with Crippen LogP contribution in [-0.2, 0) is 15.6 Å². The Bertz CT molecular complexity index is 1190. The van der Waals surface area contributed by atoms with Gasteiger partial charge in [0, 0.05) is 17.1 Å². The third-order valence-corrected chi connectivity index (χ3v) is 6.53. The molecule has 3 aromatic carbocycles. The van der Waals surface area contributed by atoms with E-state index in [4.69, 9.17) is 0 Å². The second-order valence-electron chi connectivity index (χ2n) is 6.61. The standard InChI is InChI=1S/C22H19NO3S/c1-22(24,17-10-4-2-5-11-17)20-16-23(21-15-9-8-14-19(20)21)27(25,26)18-12-6-3-7-13-18/h2-16,24H,1H3. The van der Waals surface area contributed by atoms with E-state index in [1.54, 1.807) is 49.4 Å². The molecule has 1 N–H and O–H groups in total.